The Kier molecular flexibility index (Phi) is 7.66. The highest BCUT2D eigenvalue weighted by Crippen LogP contribution is 2.41. The van der Waals surface area contributed by atoms with Gasteiger partial charge in [-0.05, 0) is 111 Å². The van der Waals surface area contributed by atoms with Gasteiger partial charge in [0, 0.05) is 50.0 Å². The van der Waals surface area contributed by atoms with Crippen molar-refractivity contribution in [3.8, 4) is 51.0 Å². The summed E-state index contributed by atoms with van der Waals surface area (Å²) in [6.45, 7) is 0. The van der Waals surface area contributed by atoms with Crippen LogP contribution in [0.15, 0.2) is 192 Å². The molecule has 0 radical (unpaired) electrons. The fourth-order valence-corrected chi connectivity index (χ4v) is 9.59. The van der Waals surface area contributed by atoms with Crippen LogP contribution in [0.3, 0.4) is 0 Å². The van der Waals surface area contributed by atoms with Gasteiger partial charge in [0.05, 0.1) is 11.0 Å². The molecule has 3 heterocycles. The van der Waals surface area contributed by atoms with Gasteiger partial charge in [-0.2, -0.15) is 0 Å². The number of nitrogens with zero attached hydrogens (tertiary/aromatic N) is 4. The van der Waals surface area contributed by atoms with E-state index in [1.54, 1.807) is 0 Å². The van der Waals surface area contributed by atoms with Gasteiger partial charge < -0.3 is 8.98 Å². The number of aryl methyl sites for hydroxylation is 1. The Morgan fingerprint density at radius 2 is 1.15 bits per heavy atom. The fraction of sp³-hybridized carbons (Fsp3) is 0.0351. The maximum Gasteiger partial charge on any atom is 0.164 e. The number of rotatable bonds is 5. The third-order valence-electron chi connectivity index (χ3n) is 12.6. The topological polar surface area (TPSA) is 56.7 Å². The van der Waals surface area contributed by atoms with E-state index in [0.29, 0.717) is 17.5 Å². The highest BCUT2D eigenvalue weighted by Gasteiger charge is 2.21. The van der Waals surface area contributed by atoms with Crippen LogP contribution in [0.5, 0.6) is 0 Å². The number of aromatic nitrogens is 4. The second-order valence-electron chi connectivity index (χ2n) is 16.3. The maximum atomic E-state index is 6.77. The lowest BCUT2D eigenvalue weighted by Crippen LogP contribution is -2.02. The first-order chi connectivity index (χ1) is 30.7. The summed E-state index contributed by atoms with van der Waals surface area (Å²) in [6.07, 6.45) is 6.48. The minimum atomic E-state index is 0.608. The van der Waals surface area contributed by atoms with Crippen LogP contribution < -0.4 is 0 Å². The molecule has 290 valence electrons. The number of fused-ring (bicyclic) bond motifs is 9. The van der Waals surface area contributed by atoms with Crippen LogP contribution in [0.2, 0.25) is 0 Å². The molecule has 0 atom stereocenters. The summed E-state index contributed by atoms with van der Waals surface area (Å²) in [5, 5.41) is 9.15. The Morgan fingerprint density at radius 3 is 2.00 bits per heavy atom. The van der Waals surface area contributed by atoms with Gasteiger partial charge in [-0.1, -0.05) is 133 Å². The van der Waals surface area contributed by atoms with Gasteiger partial charge in [0.15, 0.2) is 17.5 Å². The van der Waals surface area contributed by atoms with E-state index in [1.165, 1.54) is 49.2 Å². The third-order valence-corrected chi connectivity index (χ3v) is 12.6. The normalized spacial score (nSPS) is 12.6. The minimum absolute atomic E-state index is 0.608. The van der Waals surface area contributed by atoms with Crippen molar-refractivity contribution < 1.29 is 4.42 Å². The molecule has 0 fully saturated rings. The summed E-state index contributed by atoms with van der Waals surface area (Å²) in [5.74, 6) is 1.89. The average molecular weight is 793 g/mol. The van der Waals surface area contributed by atoms with Gasteiger partial charge in [-0.15, -0.1) is 0 Å². The van der Waals surface area contributed by atoms with Gasteiger partial charge in [0.1, 0.15) is 11.2 Å². The van der Waals surface area contributed by atoms with E-state index in [2.05, 4.69) is 187 Å². The summed E-state index contributed by atoms with van der Waals surface area (Å²) in [7, 11) is 0. The van der Waals surface area contributed by atoms with Crippen LogP contribution in [0.1, 0.15) is 17.5 Å². The first-order valence-corrected chi connectivity index (χ1v) is 21.2. The number of furan rings is 1. The lowest BCUT2D eigenvalue weighted by atomic mass is 9.95. The second-order valence-corrected chi connectivity index (χ2v) is 16.3. The van der Waals surface area contributed by atoms with Crippen molar-refractivity contribution in [2.75, 3.05) is 0 Å². The Labute approximate surface area is 356 Å². The third kappa shape index (κ3) is 5.59. The maximum absolute atomic E-state index is 6.77. The molecule has 62 heavy (non-hydrogen) atoms. The number of hydrogen-bond donors (Lipinski definition) is 0. The molecule has 0 saturated heterocycles. The van der Waals surface area contributed by atoms with Crippen LogP contribution >= 0.6 is 0 Å². The molecule has 0 amide bonds. The molecule has 3 aromatic heterocycles. The van der Waals surface area contributed by atoms with Crippen molar-refractivity contribution >= 4 is 71.4 Å². The number of hydrogen-bond acceptors (Lipinski definition) is 4. The molecule has 0 unspecified atom stereocenters. The van der Waals surface area contributed by atoms with Crippen LogP contribution in [-0.4, -0.2) is 19.5 Å². The van der Waals surface area contributed by atoms with E-state index in [9.17, 15) is 0 Å². The largest absolute Gasteiger partial charge is 0.456 e. The summed E-state index contributed by atoms with van der Waals surface area (Å²) in [6, 6.07) is 64.9. The highest BCUT2D eigenvalue weighted by atomic mass is 16.3. The molecule has 1 aliphatic rings. The van der Waals surface area contributed by atoms with Gasteiger partial charge >= 0.3 is 0 Å². The van der Waals surface area contributed by atoms with Crippen LogP contribution in [0.25, 0.3) is 122 Å². The molecule has 5 nitrogen and oxygen atoms in total. The van der Waals surface area contributed by atoms with Crippen molar-refractivity contribution in [3.05, 3.63) is 199 Å². The van der Waals surface area contributed by atoms with E-state index in [1.807, 2.05) is 12.1 Å². The first-order valence-electron chi connectivity index (χ1n) is 21.2. The Bertz CT molecular complexity index is 3820. The fourth-order valence-electron chi connectivity index (χ4n) is 9.59. The lowest BCUT2D eigenvalue weighted by molar-refractivity contribution is 0.668. The van der Waals surface area contributed by atoms with Crippen molar-refractivity contribution in [3.63, 3.8) is 0 Å². The molecule has 12 aromatic rings. The van der Waals surface area contributed by atoms with Crippen LogP contribution in [-0.2, 0) is 6.42 Å². The Morgan fingerprint density at radius 1 is 0.435 bits per heavy atom. The van der Waals surface area contributed by atoms with Gasteiger partial charge in [0.25, 0.3) is 0 Å². The Balaban J connectivity index is 0.999. The molecule has 0 spiro atoms. The SMILES string of the molecule is C1=Cc2ccc(-c3nc(-c4ccc5ccccc5c4)nc(-c4cccc5oc6cc(-n7c8ccc(-c9ccccc9)cc8c8cc9ccccc9cc87)ccc6c45)n3)cc2CC1. The smallest absolute Gasteiger partial charge is 0.164 e. The summed E-state index contributed by atoms with van der Waals surface area (Å²) in [4.78, 5) is 15.6. The molecule has 9 aromatic carbocycles. The summed E-state index contributed by atoms with van der Waals surface area (Å²) < 4.78 is 9.15. The number of allylic oxidation sites excluding steroid dienone is 1. The predicted octanol–water partition coefficient (Wildman–Crippen LogP) is 14.8. The number of benzene rings is 9. The molecule has 0 N–H and O–H groups in total. The van der Waals surface area contributed by atoms with Gasteiger partial charge in [-0.3, -0.25) is 0 Å². The zero-order valence-electron chi connectivity index (χ0n) is 33.6. The monoisotopic (exact) mass is 792 g/mol. The predicted molar refractivity (Wildman–Crippen MR) is 256 cm³/mol. The van der Waals surface area contributed by atoms with Gasteiger partial charge in [-0.25, -0.2) is 15.0 Å². The molecule has 5 heteroatoms. The van der Waals surface area contributed by atoms with Gasteiger partial charge in [0.2, 0.25) is 0 Å². The van der Waals surface area contributed by atoms with Crippen LogP contribution in [0.4, 0.5) is 0 Å². The standard InChI is InChI=1S/C57H36N4O/c1-2-11-35(12-3-1)42-25-28-50-48(32-42)49-31-40-17-8-9-18-41(40)33-51(49)61(50)45-26-27-46-53(34-45)62-52-20-10-19-47(54(46)52)57-59-55(43-23-21-36-13-4-6-15-38(36)29-43)58-56(60-57)44-24-22-37-14-5-7-16-39(37)30-44/h1-6,8-15,17-34H,7,16H2. The zero-order valence-corrected chi connectivity index (χ0v) is 33.6. The molecule has 0 saturated carbocycles. The molecule has 1 aliphatic carbocycles. The van der Waals surface area contributed by atoms with E-state index in [0.717, 1.165) is 73.6 Å². The van der Waals surface area contributed by atoms with Crippen LogP contribution in [0, 0.1) is 0 Å². The van der Waals surface area contributed by atoms with Crippen molar-refractivity contribution in [1.82, 2.24) is 19.5 Å². The molecular weight excluding hydrogens is 757 g/mol. The average Bonchev–Trinajstić information content (AvgIpc) is 3.87. The molecule has 13 rings (SSSR count). The van der Waals surface area contributed by atoms with E-state index < -0.39 is 0 Å². The zero-order chi connectivity index (χ0) is 40.7. The molecule has 0 bridgehead atoms. The summed E-state index contributed by atoms with van der Waals surface area (Å²) >= 11 is 0. The minimum Gasteiger partial charge on any atom is -0.456 e. The first kappa shape index (κ1) is 34.7. The molecule has 0 aliphatic heterocycles. The Hall–Kier alpha value is -8.15. The molecular formula is C57H36N4O. The van der Waals surface area contributed by atoms with E-state index in [4.69, 9.17) is 19.4 Å². The lowest BCUT2D eigenvalue weighted by Gasteiger charge is -2.13. The van der Waals surface area contributed by atoms with Crippen molar-refractivity contribution in [2.24, 2.45) is 0 Å². The highest BCUT2D eigenvalue weighted by molar-refractivity contribution is 6.16. The van der Waals surface area contributed by atoms with E-state index in [-0.39, 0.29) is 0 Å². The summed E-state index contributed by atoms with van der Waals surface area (Å²) in [5.41, 5.74) is 12.7. The van der Waals surface area contributed by atoms with E-state index >= 15 is 0 Å². The van der Waals surface area contributed by atoms with Crippen molar-refractivity contribution in [2.45, 2.75) is 12.8 Å². The van der Waals surface area contributed by atoms with Crippen molar-refractivity contribution in [1.29, 1.82) is 0 Å². The quantitative estimate of drug-likeness (QED) is 0.174. The second kappa shape index (κ2) is 13.7.